The van der Waals surface area contributed by atoms with Crippen LogP contribution in [0.4, 0.5) is 0 Å². The molecule has 2 aromatic carbocycles. The van der Waals surface area contributed by atoms with Crippen molar-refractivity contribution in [3.63, 3.8) is 0 Å². The highest BCUT2D eigenvalue weighted by Gasteiger charge is 2.24. The van der Waals surface area contributed by atoms with Crippen LogP contribution in [-0.2, 0) is 11.3 Å². The third kappa shape index (κ3) is 5.45. The number of methoxy groups -OCH3 is 2. The minimum absolute atomic E-state index is 0.171. The van der Waals surface area contributed by atoms with Gasteiger partial charge in [0.15, 0.2) is 11.5 Å². The summed E-state index contributed by atoms with van der Waals surface area (Å²) in [4.78, 5) is 16.0. The molecule has 3 rings (SSSR count). The number of nitrogens with one attached hydrogen (secondary N) is 1. The van der Waals surface area contributed by atoms with E-state index in [1.54, 1.807) is 14.2 Å². The standard InChI is InChI=1S/C24H32N2O4/c1-18-7-5-6-8-21(18)30-14-9-24(27)26-12-10-25(11-13-26)17-20-16-23(29-4)22(28-3)15-19(20)2/h5-8,15-16H,9-14,17H2,1-4H3/p+1. The van der Waals surface area contributed by atoms with Crippen molar-refractivity contribution in [1.29, 1.82) is 0 Å². The fraction of sp³-hybridized carbons (Fsp3) is 0.458. The van der Waals surface area contributed by atoms with Crippen molar-refractivity contribution in [1.82, 2.24) is 4.90 Å². The highest BCUT2D eigenvalue weighted by atomic mass is 16.5. The second-order valence-electron chi connectivity index (χ2n) is 7.81. The first kappa shape index (κ1) is 22.0. The molecular formula is C24H33N2O4+. The number of aryl methyl sites for hydroxylation is 2. The molecule has 2 aromatic rings. The smallest absolute Gasteiger partial charge is 0.226 e. The maximum absolute atomic E-state index is 12.6. The highest BCUT2D eigenvalue weighted by molar-refractivity contribution is 5.76. The molecule has 0 bridgehead atoms. The Morgan fingerprint density at radius 1 is 0.967 bits per heavy atom. The summed E-state index contributed by atoms with van der Waals surface area (Å²) in [5.41, 5.74) is 3.55. The summed E-state index contributed by atoms with van der Waals surface area (Å²) in [5, 5.41) is 0. The van der Waals surface area contributed by atoms with Crippen LogP contribution in [-0.4, -0.2) is 57.8 Å². The van der Waals surface area contributed by atoms with Gasteiger partial charge in [-0.05, 0) is 43.2 Å². The fourth-order valence-electron chi connectivity index (χ4n) is 3.86. The Bertz CT molecular complexity index is 860. The number of quaternary nitrogens is 1. The normalized spacial score (nSPS) is 14.5. The van der Waals surface area contributed by atoms with E-state index in [9.17, 15) is 4.79 Å². The van der Waals surface area contributed by atoms with Crippen LogP contribution in [0.3, 0.4) is 0 Å². The van der Waals surface area contributed by atoms with Gasteiger partial charge in [-0.2, -0.15) is 0 Å². The molecule has 1 heterocycles. The minimum Gasteiger partial charge on any atom is -0.493 e. The second kappa shape index (κ2) is 10.3. The Labute approximate surface area is 179 Å². The Balaban J connectivity index is 1.46. The van der Waals surface area contributed by atoms with Gasteiger partial charge in [-0.15, -0.1) is 0 Å². The Morgan fingerprint density at radius 2 is 1.63 bits per heavy atom. The number of hydrogen-bond acceptors (Lipinski definition) is 4. The second-order valence-corrected chi connectivity index (χ2v) is 7.81. The SMILES string of the molecule is COc1cc(C)c(C[NH+]2CCN(C(=O)CCOc3ccccc3C)CC2)cc1OC. The average Bonchev–Trinajstić information content (AvgIpc) is 2.76. The maximum atomic E-state index is 12.6. The average molecular weight is 414 g/mol. The first-order valence-electron chi connectivity index (χ1n) is 10.5. The van der Waals surface area contributed by atoms with Crippen molar-refractivity contribution in [3.8, 4) is 17.2 Å². The maximum Gasteiger partial charge on any atom is 0.226 e. The molecule has 0 aliphatic carbocycles. The first-order valence-corrected chi connectivity index (χ1v) is 10.5. The van der Waals surface area contributed by atoms with Gasteiger partial charge in [0.25, 0.3) is 0 Å². The number of benzene rings is 2. The van der Waals surface area contributed by atoms with Crippen LogP contribution >= 0.6 is 0 Å². The van der Waals surface area contributed by atoms with Gasteiger partial charge in [-0.25, -0.2) is 0 Å². The number of ether oxygens (including phenoxy) is 3. The van der Waals surface area contributed by atoms with Crippen molar-refractivity contribution >= 4 is 5.91 Å². The van der Waals surface area contributed by atoms with E-state index in [1.165, 1.54) is 16.0 Å². The molecule has 0 atom stereocenters. The van der Waals surface area contributed by atoms with E-state index in [0.717, 1.165) is 55.5 Å². The molecule has 1 aliphatic rings. The van der Waals surface area contributed by atoms with Gasteiger partial charge >= 0.3 is 0 Å². The molecule has 1 amide bonds. The number of carbonyl (C=O) groups is 1. The summed E-state index contributed by atoms with van der Waals surface area (Å²) in [5.74, 6) is 2.55. The number of rotatable bonds is 8. The van der Waals surface area contributed by atoms with Gasteiger partial charge in [0.1, 0.15) is 12.3 Å². The van der Waals surface area contributed by atoms with E-state index in [1.807, 2.05) is 42.2 Å². The molecular weight excluding hydrogens is 380 g/mol. The number of nitrogens with zero attached hydrogens (tertiary/aromatic N) is 1. The lowest BCUT2D eigenvalue weighted by Crippen LogP contribution is -3.13. The van der Waals surface area contributed by atoms with Crippen molar-refractivity contribution in [3.05, 3.63) is 53.1 Å². The zero-order chi connectivity index (χ0) is 21.5. The largest absolute Gasteiger partial charge is 0.493 e. The number of hydrogen-bond donors (Lipinski definition) is 1. The van der Waals surface area contributed by atoms with Crippen LogP contribution in [0.25, 0.3) is 0 Å². The Hall–Kier alpha value is -2.73. The molecule has 6 nitrogen and oxygen atoms in total. The molecule has 0 aromatic heterocycles. The van der Waals surface area contributed by atoms with Gasteiger partial charge in [0.2, 0.25) is 5.91 Å². The zero-order valence-electron chi connectivity index (χ0n) is 18.5. The molecule has 6 heteroatoms. The lowest BCUT2D eigenvalue weighted by atomic mass is 10.1. The predicted molar refractivity (Wildman–Crippen MR) is 117 cm³/mol. The summed E-state index contributed by atoms with van der Waals surface area (Å²) in [6.07, 6.45) is 0.415. The molecule has 1 N–H and O–H groups in total. The lowest BCUT2D eigenvalue weighted by molar-refractivity contribution is -0.917. The quantitative estimate of drug-likeness (QED) is 0.720. The molecule has 30 heavy (non-hydrogen) atoms. The summed E-state index contributed by atoms with van der Waals surface area (Å²) >= 11 is 0. The molecule has 0 saturated carbocycles. The number of para-hydroxylation sites is 1. The van der Waals surface area contributed by atoms with Crippen molar-refractivity contribution in [2.45, 2.75) is 26.8 Å². The van der Waals surface area contributed by atoms with E-state index in [2.05, 4.69) is 13.0 Å². The summed E-state index contributed by atoms with van der Waals surface area (Å²) in [7, 11) is 3.32. The molecule has 1 saturated heterocycles. The Morgan fingerprint density at radius 3 is 2.30 bits per heavy atom. The van der Waals surface area contributed by atoms with Crippen molar-refractivity contribution in [2.75, 3.05) is 47.0 Å². The summed E-state index contributed by atoms with van der Waals surface area (Å²) < 4.78 is 16.6. The van der Waals surface area contributed by atoms with Gasteiger partial charge in [-0.1, -0.05) is 18.2 Å². The van der Waals surface area contributed by atoms with Gasteiger partial charge in [0, 0.05) is 5.56 Å². The van der Waals surface area contributed by atoms with Gasteiger partial charge < -0.3 is 24.0 Å². The fourth-order valence-corrected chi connectivity index (χ4v) is 3.86. The van der Waals surface area contributed by atoms with Gasteiger partial charge in [0.05, 0.1) is 53.4 Å². The van der Waals surface area contributed by atoms with Gasteiger partial charge in [-0.3, -0.25) is 4.79 Å². The van der Waals surface area contributed by atoms with Crippen LogP contribution in [0.15, 0.2) is 36.4 Å². The molecule has 1 aliphatic heterocycles. The third-order valence-electron chi connectivity index (χ3n) is 5.77. The van der Waals surface area contributed by atoms with Crippen LogP contribution in [0.2, 0.25) is 0 Å². The number of carbonyl (C=O) groups excluding carboxylic acids is 1. The summed E-state index contributed by atoms with van der Waals surface area (Å²) in [6, 6.07) is 12.0. The zero-order valence-corrected chi connectivity index (χ0v) is 18.5. The molecule has 0 unspecified atom stereocenters. The number of piperazine rings is 1. The van der Waals surface area contributed by atoms with Crippen molar-refractivity contribution in [2.24, 2.45) is 0 Å². The topological polar surface area (TPSA) is 52.4 Å². The predicted octanol–water partition coefficient (Wildman–Crippen LogP) is 2.02. The monoisotopic (exact) mass is 413 g/mol. The molecule has 0 spiro atoms. The van der Waals surface area contributed by atoms with Crippen LogP contribution in [0.1, 0.15) is 23.1 Å². The van der Waals surface area contributed by atoms with E-state index < -0.39 is 0 Å². The number of amides is 1. The molecule has 1 fully saturated rings. The van der Waals surface area contributed by atoms with E-state index in [-0.39, 0.29) is 5.91 Å². The Kier molecular flexibility index (Phi) is 7.57. The lowest BCUT2D eigenvalue weighted by Gasteiger charge is -2.32. The van der Waals surface area contributed by atoms with Crippen LogP contribution in [0.5, 0.6) is 17.2 Å². The van der Waals surface area contributed by atoms with Crippen LogP contribution in [0, 0.1) is 13.8 Å². The van der Waals surface area contributed by atoms with E-state index in [4.69, 9.17) is 14.2 Å². The van der Waals surface area contributed by atoms with E-state index in [0.29, 0.717) is 13.0 Å². The highest BCUT2D eigenvalue weighted by Crippen LogP contribution is 2.29. The molecule has 162 valence electrons. The first-order chi connectivity index (χ1) is 14.5. The third-order valence-corrected chi connectivity index (χ3v) is 5.77. The van der Waals surface area contributed by atoms with Crippen LogP contribution < -0.4 is 19.1 Å². The minimum atomic E-state index is 0.171. The van der Waals surface area contributed by atoms with Crippen molar-refractivity contribution < 1.29 is 23.9 Å². The van der Waals surface area contributed by atoms with E-state index >= 15 is 0 Å². The summed E-state index contributed by atoms with van der Waals surface area (Å²) in [6.45, 7) is 8.91. The molecule has 0 radical (unpaired) electrons.